The number of hydrogen-bond donors (Lipinski definition) is 2. The summed E-state index contributed by atoms with van der Waals surface area (Å²) in [5.41, 5.74) is 6.03. The summed E-state index contributed by atoms with van der Waals surface area (Å²) in [6.45, 7) is -0.470. The molecule has 0 heterocycles. The fourth-order valence-corrected chi connectivity index (χ4v) is 1.58. The number of amides is 2. The van der Waals surface area contributed by atoms with Crippen LogP contribution in [0.2, 0.25) is 0 Å². The highest BCUT2D eigenvalue weighted by Crippen LogP contribution is 2.05. The van der Waals surface area contributed by atoms with Crippen LogP contribution in [0.4, 0.5) is 4.79 Å². The third-order valence-corrected chi connectivity index (χ3v) is 2.61. The maximum Gasteiger partial charge on any atom is 0.417 e. The van der Waals surface area contributed by atoms with Gasteiger partial charge in [-0.3, -0.25) is 9.59 Å². The summed E-state index contributed by atoms with van der Waals surface area (Å²) >= 11 is 0. The van der Waals surface area contributed by atoms with E-state index in [2.05, 4.69) is 0 Å². The number of ether oxygens (including phenoxy) is 1. The van der Waals surface area contributed by atoms with E-state index in [1.807, 2.05) is 6.07 Å². The number of rotatable bonds is 7. The third kappa shape index (κ3) is 6.05. The van der Waals surface area contributed by atoms with Gasteiger partial charge in [0.05, 0.1) is 0 Å². The molecule has 0 radical (unpaired) electrons. The van der Waals surface area contributed by atoms with Crippen molar-refractivity contribution in [2.75, 3.05) is 13.1 Å². The zero-order valence-electron chi connectivity index (χ0n) is 11.5. The first-order valence-electron chi connectivity index (χ1n) is 6.47. The molecule has 114 valence electrons. The first-order chi connectivity index (χ1) is 10.0. The Kier molecular flexibility index (Phi) is 6.90. The average molecular weight is 294 g/mol. The topological polar surface area (TPSA) is 110 Å². The molecule has 0 aromatic heterocycles. The smallest absolute Gasteiger partial charge is 0.417 e. The molecule has 21 heavy (non-hydrogen) atoms. The number of carbonyl (C=O) groups is 3. The first kappa shape index (κ1) is 16.6. The van der Waals surface area contributed by atoms with Gasteiger partial charge in [0.25, 0.3) is 0 Å². The van der Waals surface area contributed by atoms with Gasteiger partial charge in [-0.25, -0.2) is 9.69 Å². The zero-order valence-corrected chi connectivity index (χ0v) is 11.5. The van der Waals surface area contributed by atoms with Gasteiger partial charge < -0.3 is 15.6 Å². The number of carboxylic acid groups (broad SMARTS) is 1. The molecule has 0 saturated heterocycles. The van der Waals surface area contributed by atoms with Crippen LogP contribution in [0.1, 0.15) is 18.4 Å². The van der Waals surface area contributed by atoms with Crippen molar-refractivity contribution < 1.29 is 24.2 Å². The molecule has 0 saturated carbocycles. The normalized spacial score (nSPS) is 9.95. The zero-order chi connectivity index (χ0) is 15.7. The van der Waals surface area contributed by atoms with Crippen LogP contribution in [-0.4, -0.2) is 41.1 Å². The number of carboxylic acids is 1. The lowest BCUT2D eigenvalue weighted by molar-refractivity contribution is -0.143. The van der Waals surface area contributed by atoms with Gasteiger partial charge in [-0.15, -0.1) is 0 Å². The lowest BCUT2D eigenvalue weighted by Crippen LogP contribution is -2.41. The van der Waals surface area contributed by atoms with Crippen LogP contribution in [0.3, 0.4) is 0 Å². The quantitative estimate of drug-likeness (QED) is 0.775. The van der Waals surface area contributed by atoms with Crippen molar-refractivity contribution in [1.82, 2.24) is 4.90 Å². The average Bonchev–Trinajstić information content (AvgIpc) is 2.48. The van der Waals surface area contributed by atoms with E-state index in [0.717, 1.165) is 5.56 Å². The molecule has 0 aliphatic heterocycles. The molecule has 7 heteroatoms. The summed E-state index contributed by atoms with van der Waals surface area (Å²) in [6, 6.07) is 8.89. The Morgan fingerprint density at radius 3 is 2.43 bits per heavy atom. The molecular formula is C14H18N2O5. The minimum Gasteiger partial charge on any atom is -0.480 e. The number of benzene rings is 1. The Labute approximate surface area is 122 Å². The van der Waals surface area contributed by atoms with Crippen molar-refractivity contribution in [2.45, 2.75) is 19.4 Å². The van der Waals surface area contributed by atoms with Crippen molar-refractivity contribution in [1.29, 1.82) is 0 Å². The van der Waals surface area contributed by atoms with Gasteiger partial charge >= 0.3 is 12.1 Å². The molecule has 1 aromatic carbocycles. The molecule has 2 amide bonds. The fraction of sp³-hybridized carbons (Fsp3) is 0.357. The molecule has 0 aliphatic carbocycles. The second-order valence-electron chi connectivity index (χ2n) is 4.31. The Balaban J connectivity index is 2.62. The van der Waals surface area contributed by atoms with Gasteiger partial charge in [-0.05, 0) is 18.5 Å². The monoisotopic (exact) mass is 294 g/mol. The Morgan fingerprint density at radius 1 is 1.19 bits per heavy atom. The summed E-state index contributed by atoms with van der Waals surface area (Å²) in [4.78, 5) is 35.0. The summed E-state index contributed by atoms with van der Waals surface area (Å²) in [5, 5.41) is 8.77. The molecule has 3 N–H and O–H groups in total. The van der Waals surface area contributed by atoms with Crippen LogP contribution in [0, 0.1) is 0 Å². The number of hydrogen-bond acceptors (Lipinski definition) is 5. The highest BCUT2D eigenvalue weighted by molar-refractivity contribution is 5.95. The van der Waals surface area contributed by atoms with E-state index in [9.17, 15) is 14.4 Å². The fourth-order valence-electron chi connectivity index (χ4n) is 1.58. The van der Waals surface area contributed by atoms with Crippen LogP contribution < -0.4 is 5.73 Å². The lowest BCUT2D eigenvalue weighted by Gasteiger charge is -2.18. The molecule has 0 atom stereocenters. The standard InChI is InChI=1S/C14H18N2O5/c15-8-4-7-12(17)16(9-13(18)19)14(20)21-10-11-5-2-1-3-6-11/h1-3,5-6H,4,7-10,15H2,(H,18,19). The molecule has 7 nitrogen and oxygen atoms in total. The van der Waals surface area contributed by atoms with Crippen LogP contribution in [0.5, 0.6) is 0 Å². The van der Waals surface area contributed by atoms with Gasteiger partial charge in [0.2, 0.25) is 5.91 Å². The van der Waals surface area contributed by atoms with Crippen molar-refractivity contribution in [2.24, 2.45) is 5.73 Å². The highest BCUT2D eigenvalue weighted by Gasteiger charge is 2.24. The second-order valence-corrected chi connectivity index (χ2v) is 4.31. The molecule has 0 fully saturated rings. The number of imide groups is 1. The predicted molar refractivity (Wildman–Crippen MR) is 74.3 cm³/mol. The Bertz CT molecular complexity index is 489. The highest BCUT2D eigenvalue weighted by atomic mass is 16.6. The number of aliphatic carboxylic acids is 1. The summed E-state index contributed by atoms with van der Waals surface area (Å²) < 4.78 is 4.96. The van der Waals surface area contributed by atoms with E-state index in [1.54, 1.807) is 24.3 Å². The van der Waals surface area contributed by atoms with E-state index in [-0.39, 0.29) is 19.6 Å². The van der Waals surface area contributed by atoms with E-state index in [1.165, 1.54) is 0 Å². The molecule has 0 bridgehead atoms. The summed E-state index contributed by atoms with van der Waals surface area (Å²) in [7, 11) is 0. The number of nitrogens with two attached hydrogens (primary N) is 1. The largest absolute Gasteiger partial charge is 0.480 e. The van der Waals surface area contributed by atoms with Gasteiger partial charge in [-0.1, -0.05) is 30.3 Å². The van der Waals surface area contributed by atoms with Crippen molar-refractivity contribution in [3.63, 3.8) is 0 Å². The van der Waals surface area contributed by atoms with Crippen LogP contribution in [0.25, 0.3) is 0 Å². The Hall–Kier alpha value is -2.41. The minimum atomic E-state index is -1.28. The second kappa shape index (κ2) is 8.70. The SMILES string of the molecule is NCCCC(=O)N(CC(=O)O)C(=O)OCc1ccccc1. The summed E-state index contributed by atoms with van der Waals surface area (Å²) in [6.07, 6.45) is -0.589. The van der Waals surface area contributed by atoms with Gasteiger partial charge in [0, 0.05) is 6.42 Å². The number of carbonyl (C=O) groups excluding carboxylic acids is 2. The Morgan fingerprint density at radius 2 is 1.86 bits per heavy atom. The van der Waals surface area contributed by atoms with Crippen LogP contribution in [-0.2, 0) is 20.9 Å². The number of nitrogens with zero attached hydrogens (tertiary/aromatic N) is 1. The predicted octanol–water partition coefficient (Wildman–Crippen LogP) is 0.975. The van der Waals surface area contributed by atoms with Crippen LogP contribution >= 0.6 is 0 Å². The van der Waals surface area contributed by atoms with E-state index in [4.69, 9.17) is 15.6 Å². The van der Waals surface area contributed by atoms with Crippen molar-refractivity contribution >= 4 is 18.0 Å². The van der Waals surface area contributed by atoms with Crippen molar-refractivity contribution in [3.8, 4) is 0 Å². The summed E-state index contributed by atoms with van der Waals surface area (Å²) in [5.74, 6) is -1.89. The van der Waals surface area contributed by atoms with Gasteiger partial charge in [0.15, 0.2) is 0 Å². The lowest BCUT2D eigenvalue weighted by atomic mass is 10.2. The molecule has 0 unspecified atom stereocenters. The molecule has 0 spiro atoms. The van der Waals surface area contributed by atoms with Crippen LogP contribution in [0.15, 0.2) is 30.3 Å². The first-order valence-corrected chi connectivity index (χ1v) is 6.47. The molecule has 1 rings (SSSR count). The molecular weight excluding hydrogens is 276 g/mol. The maximum atomic E-state index is 11.8. The van der Waals surface area contributed by atoms with Gasteiger partial charge in [0.1, 0.15) is 13.2 Å². The minimum absolute atomic E-state index is 0.00418. The van der Waals surface area contributed by atoms with E-state index < -0.39 is 24.5 Å². The van der Waals surface area contributed by atoms with Gasteiger partial charge in [-0.2, -0.15) is 0 Å². The third-order valence-electron chi connectivity index (χ3n) is 2.61. The van der Waals surface area contributed by atoms with Crippen molar-refractivity contribution in [3.05, 3.63) is 35.9 Å². The molecule has 0 aliphatic rings. The maximum absolute atomic E-state index is 11.8. The molecule has 1 aromatic rings. The van der Waals surface area contributed by atoms with E-state index in [0.29, 0.717) is 11.3 Å². The van der Waals surface area contributed by atoms with E-state index >= 15 is 0 Å².